The van der Waals surface area contributed by atoms with Crippen LogP contribution in [0.3, 0.4) is 0 Å². The van der Waals surface area contributed by atoms with Crippen LogP contribution in [0.2, 0.25) is 0 Å². The molecule has 0 N–H and O–H groups in total. The van der Waals surface area contributed by atoms with Crippen molar-refractivity contribution in [3.8, 4) is 0 Å². The minimum atomic E-state index is -4.54. The van der Waals surface area contributed by atoms with Gasteiger partial charge in [0.2, 0.25) is 0 Å². The summed E-state index contributed by atoms with van der Waals surface area (Å²) in [6, 6.07) is 45.2. The van der Waals surface area contributed by atoms with Gasteiger partial charge in [-0.2, -0.15) is 26.3 Å². The molecule has 2 atom stereocenters. The summed E-state index contributed by atoms with van der Waals surface area (Å²) in [5, 5.41) is 9.05. The first-order valence-electron chi connectivity index (χ1n) is 24.5. The van der Waals surface area contributed by atoms with Crippen LogP contribution in [0.15, 0.2) is 178 Å². The Morgan fingerprint density at radius 2 is 0.904 bits per heavy atom. The van der Waals surface area contributed by atoms with Crippen LogP contribution in [0.4, 0.5) is 54.8 Å². The predicted octanol–water partition coefficient (Wildman–Crippen LogP) is 19.7. The topological polar surface area (TPSA) is 32.8 Å². The summed E-state index contributed by atoms with van der Waals surface area (Å²) in [6.07, 6.45) is -4.93. The number of furan rings is 2. The normalized spacial score (nSPS) is 16.0. The Labute approximate surface area is 417 Å². The Hall–Kier alpha value is -7.72. The average Bonchev–Trinajstić information content (AvgIpc) is 3.93. The lowest BCUT2D eigenvalue weighted by Gasteiger charge is -2.37. The molecule has 0 bridgehead atoms. The minimum absolute atomic E-state index is 0.242. The second-order valence-corrected chi connectivity index (χ2v) is 21.5. The third-order valence-corrected chi connectivity index (χ3v) is 14.8. The molecule has 366 valence electrons. The minimum Gasteiger partial charge on any atom is -0.454 e. The number of allylic oxidation sites excluding steroid dienone is 2. The highest BCUT2D eigenvalue weighted by atomic mass is 19.4. The first-order valence-corrected chi connectivity index (χ1v) is 24.5. The van der Waals surface area contributed by atoms with E-state index in [9.17, 15) is 26.3 Å². The number of rotatable bonds is 6. The van der Waals surface area contributed by atoms with Crippen LogP contribution in [0.1, 0.15) is 65.2 Å². The molecule has 0 saturated carbocycles. The summed E-state index contributed by atoms with van der Waals surface area (Å²) in [5.74, 6) is -0.589. The monoisotopic (exact) mass is 980 g/mol. The molecule has 1 aliphatic rings. The number of nitrogens with zero attached hydrogens (tertiary/aromatic N) is 2. The maximum atomic E-state index is 14.3. The van der Waals surface area contributed by atoms with Gasteiger partial charge in [-0.1, -0.05) is 164 Å². The van der Waals surface area contributed by atoms with E-state index in [4.69, 9.17) is 8.83 Å². The summed E-state index contributed by atoms with van der Waals surface area (Å²) >= 11 is 0. The van der Waals surface area contributed by atoms with Gasteiger partial charge in [0, 0.05) is 54.8 Å². The van der Waals surface area contributed by atoms with Crippen molar-refractivity contribution in [2.75, 3.05) is 9.80 Å². The van der Waals surface area contributed by atoms with Gasteiger partial charge in [-0.3, -0.25) is 0 Å². The van der Waals surface area contributed by atoms with E-state index in [1.54, 1.807) is 6.08 Å². The van der Waals surface area contributed by atoms with Gasteiger partial charge in [-0.05, 0) is 86.8 Å². The second-order valence-electron chi connectivity index (χ2n) is 21.5. The molecule has 1 aliphatic carbocycles. The van der Waals surface area contributed by atoms with Crippen LogP contribution in [0.25, 0.3) is 76.2 Å². The van der Waals surface area contributed by atoms with Gasteiger partial charge >= 0.3 is 12.4 Å². The Kier molecular flexibility index (Phi) is 10.3. The highest BCUT2D eigenvalue weighted by Gasteiger charge is 2.38. The molecule has 11 aromatic rings. The summed E-state index contributed by atoms with van der Waals surface area (Å²) in [6.45, 7) is 14.6. The smallest absolute Gasteiger partial charge is 0.416 e. The third-order valence-electron chi connectivity index (χ3n) is 14.8. The number of hydrogen-bond donors (Lipinski definition) is 0. The van der Waals surface area contributed by atoms with Crippen LogP contribution in [0, 0.1) is 5.92 Å². The number of para-hydroxylation sites is 4. The van der Waals surface area contributed by atoms with Gasteiger partial charge in [0.25, 0.3) is 0 Å². The zero-order valence-corrected chi connectivity index (χ0v) is 41.2. The van der Waals surface area contributed by atoms with E-state index in [-0.39, 0.29) is 10.8 Å². The van der Waals surface area contributed by atoms with Crippen LogP contribution >= 0.6 is 0 Å². The zero-order chi connectivity index (χ0) is 51.1. The van der Waals surface area contributed by atoms with Crippen molar-refractivity contribution in [3.05, 3.63) is 186 Å². The summed E-state index contributed by atoms with van der Waals surface area (Å²) in [7, 11) is 0. The number of halogens is 6. The molecule has 9 aromatic carbocycles. The third kappa shape index (κ3) is 7.42. The molecule has 0 fully saturated rings. The predicted molar refractivity (Wildman–Crippen MR) is 287 cm³/mol. The molecule has 10 heteroatoms. The van der Waals surface area contributed by atoms with Gasteiger partial charge < -0.3 is 18.6 Å². The first-order chi connectivity index (χ1) is 34.7. The van der Waals surface area contributed by atoms with Gasteiger partial charge in [0.15, 0.2) is 11.2 Å². The molecule has 2 aromatic heterocycles. The largest absolute Gasteiger partial charge is 0.454 e. The number of hydrogen-bond acceptors (Lipinski definition) is 4. The lowest BCUT2D eigenvalue weighted by molar-refractivity contribution is -0.137. The van der Waals surface area contributed by atoms with Crippen LogP contribution in [-0.2, 0) is 17.0 Å². The zero-order valence-electron chi connectivity index (χ0n) is 41.2. The van der Waals surface area contributed by atoms with Crippen molar-refractivity contribution in [2.45, 2.75) is 77.7 Å². The van der Waals surface area contributed by atoms with E-state index in [0.29, 0.717) is 33.9 Å². The standard InChI is InChI=1S/C63H50F6N2O2/c1-35-34-39(63(67,68)69)26-33-49(35)71(53-19-11-15-44-42-13-9-17-48(61(5,6)7)57(42)73-59(44)53)51-32-23-37-20-29-45-50(31-22-36-21-30-46(51)55(37)54(36)45)70(40-27-24-38(25-28-40)62(64,65)66)52-18-10-14-43-41-12-8-16-47(60(2,3)4)56(41)72-58(43)52/h8-35,49H,1-7H3. The van der Waals surface area contributed by atoms with Crippen molar-refractivity contribution in [2.24, 2.45) is 5.92 Å². The molecule has 0 spiro atoms. The molecular formula is C63H50F6N2O2. The molecule has 73 heavy (non-hydrogen) atoms. The fourth-order valence-electron chi connectivity index (χ4n) is 11.3. The average molecular weight is 981 g/mol. The van der Waals surface area contributed by atoms with Gasteiger partial charge in [0.1, 0.15) is 11.2 Å². The molecule has 0 radical (unpaired) electrons. The van der Waals surface area contributed by atoms with Crippen molar-refractivity contribution in [1.29, 1.82) is 0 Å². The van der Waals surface area contributed by atoms with Crippen LogP contribution in [0.5, 0.6) is 0 Å². The van der Waals surface area contributed by atoms with Gasteiger partial charge in [-0.25, -0.2) is 0 Å². The van der Waals surface area contributed by atoms with E-state index in [2.05, 4.69) is 88.9 Å². The second kappa shape index (κ2) is 16.1. The molecule has 4 nitrogen and oxygen atoms in total. The lowest BCUT2D eigenvalue weighted by atomic mass is 9.86. The fourth-order valence-corrected chi connectivity index (χ4v) is 11.3. The molecule has 2 unspecified atom stereocenters. The van der Waals surface area contributed by atoms with E-state index >= 15 is 0 Å². The van der Waals surface area contributed by atoms with Crippen molar-refractivity contribution in [1.82, 2.24) is 0 Å². The van der Waals surface area contributed by atoms with Gasteiger partial charge in [-0.15, -0.1) is 0 Å². The molecule has 0 saturated heterocycles. The number of benzene rings is 9. The molecule has 0 aliphatic heterocycles. The number of anilines is 5. The quantitative estimate of drug-likeness (QED) is 0.123. The Balaban J connectivity index is 1.12. The Bertz CT molecular complexity index is 4060. The van der Waals surface area contributed by atoms with Gasteiger partial charge in [0.05, 0.1) is 34.2 Å². The highest BCUT2D eigenvalue weighted by molar-refractivity contribution is 6.28. The van der Waals surface area contributed by atoms with E-state index in [0.717, 1.165) is 94.0 Å². The molecule has 12 rings (SSSR count). The Morgan fingerprint density at radius 3 is 1.41 bits per heavy atom. The summed E-state index contributed by atoms with van der Waals surface area (Å²) in [4.78, 5) is 4.11. The van der Waals surface area contributed by atoms with Crippen LogP contribution < -0.4 is 9.80 Å². The number of fused-ring (bicyclic) bond motifs is 6. The lowest BCUT2D eigenvalue weighted by Crippen LogP contribution is -2.36. The van der Waals surface area contributed by atoms with Crippen molar-refractivity contribution >= 4 is 105 Å². The maximum Gasteiger partial charge on any atom is 0.416 e. The van der Waals surface area contributed by atoms with Crippen molar-refractivity contribution in [3.63, 3.8) is 0 Å². The fraction of sp³-hybridized carbons (Fsp3) is 0.206. The molecule has 0 amide bonds. The van der Waals surface area contributed by atoms with Crippen LogP contribution in [-0.4, -0.2) is 12.2 Å². The molecular weight excluding hydrogens is 931 g/mol. The highest BCUT2D eigenvalue weighted by Crippen LogP contribution is 2.51. The molecule has 2 heterocycles. The summed E-state index contributed by atoms with van der Waals surface area (Å²) in [5.41, 5.74) is 6.17. The first kappa shape index (κ1) is 46.4. The maximum absolute atomic E-state index is 14.3. The van der Waals surface area contributed by atoms with E-state index in [1.165, 1.54) is 24.3 Å². The Morgan fingerprint density at radius 1 is 0.438 bits per heavy atom. The number of alkyl halides is 6. The van der Waals surface area contributed by atoms with E-state index < -0.39 is 35.4 Å². The SMILES string of the molecule is CC1C=C(C(F)(F)F)C=CC1N(c1ccc2ccc3c(N(c4ccc(C(F)(F)F)cc4)c4cccc5c4oc4c(C(C)(C)C)cccc45)ccc4ccc1c2c43)c1cccc2c1oc1c(C(C)(C)C)cccc12. The van der Waals surface area contributed by atoms with E-state index in [1.807, 2.05) is 90.7 Å². The van der Waals surface area contributed by atoms with Crippen molar-refractivity contribution < 1.29 is 35.2 Å². The summed E-state index contributed by atoms with van der Waals surface area (Å²) < 4.78 is 99.4.